The van der Waals surface area contributed by atoms with Crippen LogP contribution in [0.1, 0.15) is 60.1 Å². The summed E-state index contributed by atoms with van der Waals surface area (Å²) in [4.78, 5) is 0. The van der Waals surface area contributed by atoms with E-state index in [1.807, 2.05) is 0 Å². The smallest absolute Gasteiger partial charge is 0.0581 e. The summed E-state index contributed by atoms with van der Waals surface area (Å²) in [5.41, 5.74) is 13.9. The molecule has 0 aromatic heterocycles. The third-order valence-electron chi connectivity index (χ3n) is 7.73. The summed E-state index contributed by atoms with van der Waals surface area (Å²) in [7, 11) is 0. The van der Waals surface area contributed by atoms with E-state index in [2.05, 4.69) is 88.4 Å². The minimum Gasteiger partial charge on any atom is -0.0581 e. The SMILES string of the molecule is [2H]c1c(-c2cc(C)cc(C)c2)ccc2c1C1(CC2)CCc2ccc(-c3cc(C)cc(C)c3)c([2H])c21. The van der Waals surface area contributed by atoms with Crippen LogP contribution in [-0.2, 0) is 18.3 Å². The molecule has 0 N–H and O–H groups in total. The molecular weight excluding hydrogens is 396 g/mol. The summed E-state index contributed by atoms with van der Waals surface area (Å²) in [6, 6.07) is 23.3. The molecule has 0 nitrogen and oxygen atoms in total. The second kappa shape index (κ2) is 7.45. The van der Waals surface area contributed by atoms with Crippen molar-refractivity contribution in [2.24, 2.45) is 0 Å². The monoisotopic (exact) mass is 430 g/mol. The summed E-state index contributed by atoms with van der Waals surface area (Å²) in [5, 5.41) is 0. The first-order valence-corrected chi connectivity index (χ1v) is 12.2. The van der Waals surface area contributed by atoms with Gasteiger partial charge in [-0.3, -0.25) is 0 Å². The van der Waals surface area contributed by atoms with Gasteiger partial charge in [0.05, 0.1) is 2.74 Å². The zero-order chi connectivity index (χ0) is 24.5. The Labute approximate surface area is 201 Å². The van der Waals surface area contributed by atoms with Crippen molar-refractivity contribution in [2.45, 2.75) is 58.8 Å². The van der Waals surface area contributed by atoms with E-state index >= 15 is 0 Å². The molecule has 0 saturated heterocycles. The van der Waals surface area contributed by atoms with Gasteiger partial charge in [-0.2, -0.15) is 0 Å². The van der Waals surface area contributed by atoms with Crippen molar-refractivity contribution in [1.82, 2.24) is 0 Å². The van der Waals surface area contributed by atoms with Crippen LogP contribution in [0.25, 0.3) is 22.3 Å². The van der Waals surface area contributed by atoms with E-state index in [1.165, 1.54) is 44.5 Å². The number of rotatable bonds is 2. The zero-order valence-electron chi connectivity index (χ0n) is 22.1. The van der Waals surface area contributed by atoms with E-state index in [0.29, 0.717) is 12.1 Å². The third kappa shape index (κ3) is 3.35. The molecule has 0 heteroatoms. The van der Waals surface area contributed by atoms with Gasteiger partial charge in [0.15, 0.2) is 0 Å². The molecule has 0 saturated carbocycles. The van der Waals surface area contributed by atoms with Crippen molar-refractivity contribution in [3.63, 3.8) is 0 Å². The molecule has 0 bridgehead atoms. The lowest BCUT2D eigenvalue weighted by atomic mass is 9.75. The van der Waals surface area contributed by atoms with E-state index in [1.54, 1.807) is 0 Å². The van der Waals surface area contributed by atoms with Crippen molar-refractivity contribution < 1.29 is 2.74 Å². The molecule has 0 aliphatic heterocycles. The van der Waals surface area contributed by atoms with Crippen LogP contribution in [0.15, 0.2) is 72.7 Å². The summed E-state index contributed by atoms with van der Waals surface area (Å²) < 4.78 is 18.8. The summed E-state index contributed by atoms with van der Waals surface area (Å²) in [6.07, 6.45) is 3.97. The van der Waals surface area contributed by atoms with Crippen LogP contribution >= 0.6 is 0 Å². The molecule has 0 amide bonds. The lowest BCUT2D eigenvalue weighted by Gasteiger charge is -2.28. The predicted molar refractivity (Wildman–Crippen MR) is 140 cm³/mol. The fourth-order valence-electron chi connectivity index (χ4n) is 6.36. The lowest BCUT2D eigenvalue weighted by molar-refractivity contribution is 0.507. The first-order valence-electron chi connectivity index (χ1n) is 13.2. The Balaban J connectivity index is 1.56. The Morgan fingerprint density at radius 1 is 0.545 bits per heavy atom. The van der Waals surface area contributed by atoms with Crippen molar-refractivity contribution in [2.75, 3.05) is 0 Å². The van der Waals surface area contributed by atoms with E-state index < -0.39 is 0 Å². The van der Waals surface area contributed by atoms with Gasteiger partial charge in [0.1, 0.15) is 0 Å². The van der Waals surface area contributed by atoms with Crippen molar-refractivity contribution in [3.8, 4) is 22.3 Å². The standard InChI is InChI=1S/C33H32/c1-21-13-22(2)16-29(15-21)27-7-5-25-9-11-33(31(25)19-27)12-10-26-6-8-28(20-32(26)33)30-17-23(3)14-24(4)18-30/h5-8,13-20H,9-12H2,1-4H3/i19D,20D. The summed E-state index contributed by atoms with van der Waals surface area (Å²) in [5.74, 6) is 0. The molecule has 6 rings (SSSR count). The van der Waals surface area contributed by atoms with Crippen molar-refractivity contribution in [1.29, 1.82) is 0 Å². The number of hydrogen-bond donors (Lipinski definition) is 0. The lowest BCUT2D eigenvalue weighted by Crippen LogP contribution is -2.21. The Bertz CT molecular complexity index is 1350. The van der Waals surface area contributed by atoms with Gasteiger partial charge in [0.2, 0.25) is 0 Å². The van der Waals surface area contributed by atoms with Crippen LogP contribution in [0.3, 0.4) is 0 Å². The summed E-state index contributed by atoms with van der Waals surface area (Å²) >= 11 is 0. The molecule has 2 aliphatic rings. The van der Waals surface area contributed by atoms with E-state index in [0.717, 1.165) is 47.9 Å². The highest BCUT2D eigenvalue weighted by Gasteiger charge is 2.44. The quantitative estimate of drug-likeness (QED) is 0.299. The first-order chi connectivity index (χ1) is 16.8. The highest BCUT2D eigenvalue weighted by molar-refractivity contribution is 5.71. The molecule has 0 heterocycles. The van der Waals surface area contributed by atoms with Gasteiger partial charge in [-0.25, -0.2) is 0 Å². The van der Waals surface area contributed by atoms with E-state index in [-0.39, 0.29) is 5.41 Å². The highest BCUT2D eigenvalue weighted by atomic mass is 14.5. The van der Waals surface area contributed by atoms with Gasteiger partial charge < -0.3 is 0 Å². The molecule has 4 aromatic carbocycles. The van der Waals surface area contributed by atoms with Gasteiger partial charge >= 0.3 is 0 Å². The molecule has 0 unspecified atom stereocenters. The maximum absolute atomic E-state index is 9.42. The van der Waals surface area contributed by atoms with Gasteiger partial charge in [-0.05, 0) is 110 Å². The maximum Gasteiger partial charge on any atom is 0.0633 e. The Morgan fingerprint density at radius 3 is 1.33 bits per heavy atom. The molecule has 0 atom stereocenters. The molecule has 0 radical (unpaired) electrons. The average molecular weight is 431 g/mol. The van der Waals surface area contributed by atoms with Gasteiger partial charge in [-0.15, -0.1) is 0 Å². The van der Waals surface area contributed by atoms with Crippen LogP contribution in [0, 0.1) is 27.7 Å². The Morgan fingerprint density at radius 2 is 0.939 bits per heavy atom. The zero-order valence-corrected chi connectivity index (χ0v) is 20.1. The summed E-state index contributed by atoms with van der Waals surface area (Å²) in [6.45, 7) is 8.51. The fourth-order valence-corrected chi connectivity index (χ4v) is 6.36. The van der Waals surface area contributed by atoms with Gasteiger partial charge in [-0.1, -0.05) is 82.9 Å². The third-order valence-corrected chi connectivity index (χ3v) is 7.73. The molecule has 1 spiro atoms. The number of benzene rings is 4. The number of hydrogen-bond acceptors (Lipinski definition) is 0. The second-order valence-corrected chi connectivity index (χ2v) is 10.4. The maximum atomic E-state index is 9.42. The van der Waals surface area contributed by atoms with E-state index in [9.17, 15) is 2.74 Å². The molecule has 33 heavy (non-hydrogen) atoms. The number of fused-ring (bicyclic) bond motifs is 4. The Hall–Kier alpha value is -3.12. The van der Waals surface area contributed by atoms with Crippen molar-refractivity contribution in [3.05, 3.63) is 117 Å². The topological polar surface area (TPSA) is 0 Å². The Kier molecular flexibility index (Phi) is 4.14. The first kappa shape index (κ1) is 18.3. The van der Waals surface area contributed by atoms with Gasteiger partial charge in [0, 0.05) is 5.41 Å². The van der Waals surface area contributed by atoms with Crippen LogP contribution in [-0.4, -0.2) is 0 Å². The molecule has 2 aliphatic carbocycles. The normalized spacial score (nSPS) is 16.5. The van der Waals surface area contributed by atoms with E-state index in [4.69, 9.17) is 0 Å². The van der Waals surface area contributed by atoms with Crippen LogP contribution in [0.2, 0.25) is 0 Å². The number of aryl methyl sites for hydroxylation is 6. The highest BCUT2D eigenvalue weighted by Crippen LogP contribution is 2.53. The van der Waals surface area contributed by atoms with Crippen molar-refractivity contribution >= 4 is 0 Å². The fraction of sp³-hybridized carbons (Fsp3) is 0.273. The largest absolute Gasteiger partial charge is 0.0633 e. The van der Waals surface area contributed by atoms with Crippen LogP contribution < -0.4 is 0 Å². The molecule has 164 valence electrons. The van der Waals surface area contributed by atoms with Crippen LogP contribution in [0.5, 0.6) is 0 Å². The molecule has 4 aromatic rings. The van der Waals surface area contributed by atoms with Crippen LogP contribution in [0.4, 0.5) is 0 Å². The van der Waals surface area contributed by atoms with Gasteiger partial charge in [0.25, 0.3) is 0 Å². The predicted octanol–water partition coefficient (Wildman–Crippen LogP) is 8.43. The average Bonchev–Trinajstić information content (AvgIpc) is 3.35. The molecular formula is C33H32. The molecule has 0 fully saturated rings. The minimum atomic E-state index is -0.220. The minimum absolute atomic E-state index is 0.220. The second-order valence-electron chi connectivity index (χ2n) is 10.4.